The molecule has 3 aromatic carbocycles. The molecule has 0 radical (unpaired) electrons. The van der Waals surface area contributed by atoms with Crippen LogP contribution in [0.1, 0.15) is 32.7 Å². The lowest BCUT2D eigenvalue weighted by Crippen LogP contribution is -2.17. The molecule has 5 heteroatoms. The van der Waals surface area contributed by atoms with Gasteiger partial charge in [0.2, 0.25) is 0 Å². The molecular weight excluding hydrogens is 391 g/mol. The predicted octanol–water partition coefficient (Wildman–Crippen LogP) is 5.46. The third-order valence-corrected chi connectivity index (χ3v) is 5.38. The number of fused-ring (bicyclic) bond motifs is 1. The molecule has 0 aliphatic heterocycles. The zero-order valence-electron chi connectivity index (χ0n) is 17.0. The average molecular weight is 414 g/mol. The van der Waals surface area contributed by atoms with E-state index in [-0.39, 0.29) is 11.5 Å². The van der Waals surface area contributed by atoms with Crippen molar-refractivity contribution in [2.24, 2.45) is 0 Å². The summed E-state index contributed by atoms with van der Waals surface area (Å²) >= 11 is 0. The summed E-state index contributed by atoms with van der Waals surface area (Å²) in [6.45, 7) is 5.13. The van der Waals surface area contributed by atoms with Crippen LogP contribution in [-0.4, -0.2) is 15.6 Å². The number of halogens is 1. The summed E-state index contributed by atoms with van der Waals surface area (Å²) in [6.07, 6.45) is 1.78. The van der Waals surface area contributed by atoms with Gasteiger partial charge in [0.15, 0.2) is 0 Å². The smallest absolute Gasteiger partial charge is 0.352 e. The second kappa shape index (κ2) is 8.98. The predicted molar refractivity (Wildman–Crippen MR) is 121 cm³/mol. The van der Waals surface area contributed by atoms with Gasteiger partial charge in [-0.05, 0) is 34.9 Å². The van der Waals surface area contributed by atoms with E-state index < -0.39 is 5.97 Å². The summed E-state index contributed by atoms with van der Waals surface area (Å²) in [5, 5.41) is 14.3. The number of hydrogen-bond donors (Lipinski definition) is 2. The lowest BCUT2D eigenvalue weighted by Gasteiger charge is -2.10. The molecule has 1 heterocycles. The minimum atomic E-state index is -0.961. The zero-order chi connectivity index (χ0) is 21.8. The number of carboxylic acid groups (broad SMARTS) is 1. The number of nitrogens with zero attached hydrogens (tertiary/aromatic N) is 1. The summed E-state index contributed by atoms with van der Waals surface area (Å²) in [6, 6.07) is 21.9. The molecule has 0 saturated carbocycles. The van der Waals surface area contributed by atoms with Crippen LogP contribution in [0.3, 0.4) is 0 Å². The first-order valence-corrected chi connectivity index (χ1v) is 10.1. The molecule has 0 spiro atoms. The van der Waals surface area contributed by atoms with Crippen LogP contribution >= 0.6 is 0 Å². The normalized spacial score (nSPS) is 11.0. The van der Waals surface area contributed by atoms with Crippen LogP contribution in [0.25, 0.3) is 17.0 Å². The molecule has 0 atom stereocenters. The summed E-state index contributed by atoms with van der Waals surface area (Å²) in [5.41, 5.74) is 4.87. The molecule has 0 unspecified atom stereocenters. The number of para-hydroxylation sites is 1. The van der Waals surface area contributed by atoms with Crippen molar-refractivity contribution in [3.05, 3.63) is 113 Å². The molecule has 0 fully saturated rings. The molecule has 0 bridgehead atoms. The standard InChI is InChI=1S/C26H23FN2O2/c1-2-18-7-9-20(10-8-18)17-29-24-6-4-3-5-22(24)23(25(29)26(30)31)16-28-15-19-11-13-21(27)14-12-19/h2-14,28H,1,15-17H2,(H,30,31). The molecule has 0 aliphatic carbocycles. The molecule has 156 valence electrons. The second-order valence-corrected chi connectivity index (χ2v) is 7.41. The molecule has 2 N–H and O–H groups in total. The van der Waals surface area contributed by atoms with Crippen molar-refractivity contribution < 1.29 is 14.3 Å². The Hall–Kier alpha value is -3.70. The maximum absolute atomic E-state index is 13.1. The highest BCUT2D eigenvalue weighted by Gasteiger charge is 2.22. The van der Waals surface area contributed by atoms with E-state index in [0.717, 1.165) is 33.2 Å². The molecule has 0 amide bonds. The van der Waals surface area contributed by atoms with E-state index in [1.54, 1.807) is 18.2 Å². The molecule has 4 rings (SSSR count). The van der Waals surface area contributed by atoms with Crippen molar-refractivity contribution in [1.29, 1.82) is 0 Å². The summed E-state index contributed by atoms with van der Waals surface area (Å²) in [5.74, 6) is -1.24. The minimum Gasteiger partial charge on any atom is -0.477 e. The van der Waals surface area contributed by atoms with E-state index in [9.17, 15) is 14.3 Å². The molecule has 0 saturated heterocycles. The number of aromatic carboxylic acids is 1. The quantitative estimate of drug-likeness (QED) is 0.403. The Balaban J connectivity index is 1.67. The number of carboxylic acids is 1. The van der Waals surface area contributed by atoms with Crippen molar-refractivity contribution >= 4 is 22.9 Å². The Bertz CT molecular complexity index is 1220. The van der Waals surface area contributed by atoms with Gasteiger partial charge in [0.25, 0.3) is 0 Å². The fraction of sp³-hybridized carbons (Fsp3) is 0.115. The molecule has 4 aromatic rings. The van der Waals surface area contributed by atoms with Gasteiger partial charge in [-0.15, -0.1) is 0 Å². The molecule has 0 aliphatic rings. The van der Waals surface area contributed by atoms with Crippen molar-refractivity contribution in [1.82, 2.24) is 9.88 Å². The van der Waals surface area contributed by atoms with E-state index in [1.165, 1.54) is 12.1 Å². The number of aromatic nitrogens is 1. The molecule has 31 heavy (non-hydrogen) atoms. The van der Waals surface area contributed by atoms with E-state index in [4.69, 9.17) is 0 Å². The van der Waals surface area contributed by atoms with Gasteiger partial charge in [0, 0.05) is 36.1 Å². The SMILES string of the molecule is C=Cc1ccc(Cn2c(C(=O)O)c(CNCc3ccc(F)cc3)c3ccccc32)cc1. The third-order valence-electron chi connectivity index (χ3n) is 5.38. The van der Waals surface area contributed by atoms with Gasteiger partial charge in [-0.1, -0.05) is 67.3 Å². The van der Waals surface area contributed by atoms with Crippen molar-refractivity contribution in [3.63, 3.8) is 0 Å². The fourth-order valence-corrected chi connectivity index (χ4v) is 3.84. The Morgan fingerprint density at radius 1 is 0.968 bits per heavy atom. The van der Waals surface area contributed by atoms with Crippen LogP contribution in [0.5, 0.6) is 0 Å². The van der Waals surface area contributed by atoms with Gasteiger partial charge in [0.05, 0.1) is 0 Å². The average Bonchev–Trinajstić information content (AvgIpc) is 3.09. The van der Waals surface area contributed by atoms with Gasteiger partial charge in [-0.2, -0.15) is 0 Å². The molecule has 4 nitrogen and oxygen atoms in total. The maximum atomic E-state index is 13.1. The summed E-state index contributed by atoms with van der Waals surface area (Å²) < 4.78 is 15.0. The van der Waals surface area contributed by atoms with E-state index >= 15 is 0 Å². The highest BCUT2D eigenvalue weighted by molar-refractivity contribution is 5.98. The topological polar surface area (TPSA) is 54.3 Å². The van der Waals surface area contributed by atoms with Gasteiger partial charge in [-0.3, -0.25) is 0 Å². The van der Waals surface area contributed by atoms with Crippen LogP contribution in [0.4, 0.5) is 4.39 Å². The van der Waals surface area contributed by atoms with E-state index in [0.29, 0.717) is 19.6 Å². The first-order valence-electron chi connectivity index (χ1n) is 10.1. The van der Waals surface area contributed by atoms with Crippen LogP contribution < -0.4 is 5.32 Å². The number of carbonyl (C=O) groups is 1. The summed E-state index contributed by atoms with van der Waals surface area (Å²) in [4.78, 5) is 12.3. The lowest BCUT2D eigenvalue weighted by atomic mass is 10.1. The first-order chi connectivity index (χ1) is 15.1. The number of benzene rings is 3. The van der Waals surface area contributed by atoms with Gasteiger partial charge in [0.1, 0.15) is 11.5 Å². The first kappa shape index (κ1) is 20.6. The largest absolute Gasteiger partial charge is 0.477 e. The maximum Gasteiger partial charge on any atom is 0.352 e. The number of nitrogens with one attached hydrogen (secondary N) is 1. The minimum absolute atomic E-state index is 0.277. The van der Waals surface area contributed by atoms with Crippen molar-refractivity contribution in [3.8, 4) is 0 Å². The Morgan fingerprint density at radius 2 is 1.65 bits per heavy atom. The van der Waals surface area contributed by atoms with E-state index in [1.807, 2.05) is 53.1 Å². The molecular formula is C26H23FN2O2. The van der Waals surface area contributed by atoms with Gasteiger partial charge < -0.3 is 15.0 Å². The lowest BCUT2D eigenvalue weighted by molar-refractivity contribution is 0.0684. The van der Waals surface area contributed by atoms with E-state index in [2.05, 4.69) is 11.9 Å². The van der Waals surface area contributed by atoms with Crippen molar-refractivity contribution in [2.75, 3.05) is 0 Å². The van der Waals surface area contributed by atoms with Gasteiger partial charge >= 0.3 is 5.97 Å². The molecule has 1 aromatic heterocycles. The van der Waals surface area contributed by atoms with Crippen molar-refractivity contribution in [2.45, 2.75) is 19.6 Å². The summed E-state index contributed by atoms with van der Waals surface area (Å²) in [7, 11) is 0. The highest BCUT2D eigenvalue weighted by atomic mass is 19.1. The van der Waals surface area contributed by atoms with Crippen LogP contribution in [0, 0.1) is 5.82 Å². The number of hydrogen-bond acceptors (Lipinski definition) is 2. The Labute approximate surface area is 180 Å². The second-order valence-electron chi connectivity index (χ2n) is 7.41. The fourth-order valence-electron chi connectivity index (χ4n) is 3.84. The van der Waals surface area contributed by atoms with Crippen LogP contribution in [-0.2, 0) is 19.6 Å². The Morgan fingerprint density at radius 3 is 2.32 bits per heavy atom. The number of rotatable bonds is 8. The Kier molecular flexibility index (Phi) is 5.96. The zero-order valence-corrected chi connectivity index (χ0v) is 17.0. The highest BCUT2D eigenvalue weighted by Crippen LogP contribution is 2.28. The van der Waals surface area contributed by atoms with Gasteiger partial charge in [-0.25, -0.2) is 9.18 Å². The monoisotopic (exact) mass is 414 g/mol. The third kappa shape index (κ3) is 4.42. The van der Waals surface area contributed by atoms with Crippen LogP contribution in [0.2, 0.25) is 0 Å². The van der Waals surface area contributed by atoms with Crippen LogP contribution in [0.15, 0.2) is 79.4 Å².